The van der Waals surface area contributed by atoms with E-state index >= 15 is 0 Å². The molecule has 0 aromatic heterocycles. The maximum Gasteiger partial charge on any atom is 0.410 e. The zero-order valence-electron chi connectivity index (χ0n) is 16.6. The van der Waals surface area contributed by atoms with Gasteiger partial charge in [0, 0.05) is 24.4 Å². The van der Waals surface area contributed by atoms with Gasteiger partial charge in [0.2, 0.25) is 0 Å². The van der Waals surface area contributed by atoms with Crippen LogP contribution in [0.3, 0.4) is 0 Å². The number of nitrogens with zero attached hydrogens (tertiary/aromatic N) is 1. The van der Waals surface area contributed by atoms with Crippen molar-refractivity contribution in [2.75, 3.05) is 13.1 Å². The second kappa shape index (κ2) is 6.66. The van der Waals surface area contributed by atoms with Crippen LogP contribution in [0.5, 0.6) is 0 Å². The number of piperidine rings is 1. The van der Waals surface area contributed by atoms with Crippen molar-refractivity contribution < 1.29 is 14.3 Å². The molecule has 4 nitrogen and oxygen atoms in total. The second-order valence-electron chi connectivity index (χ2n) is 9.14. The molecule has 1 aliphatic carbocycles. The number of benzene rings is 1. The van der Waals surface area contributed by atoms with E-state index in [2.05, 4.69) is 0 Å². The smallest absolute Gasteiger partial charge is 0.410 e. The molecule has 0 spiro atoms. The van der Waals surface area contributed by atoms with E-state index in [-0.39, 0.29) is 23.2 Å². The molecule has 148 valence electrons. The molecule has 6 heteroatoms. The van der Waals surface area contributed by atoms with Crippen LogP contribution in [0.25, 0.3) is 0 Å². The molecule has 1 saturated carbocycles. The molecule has 2 aliphatic rings. The minimum absolute atomic E-state index is 0.103. The first kappa shape index (κ1) is 20.5. The number of fused-ring (bicyclic) bond motifs is 1. The number of hydrogen-bond acceptors (Lipinski definition) is 3. The van der Waals surface area contributed by atoms with Gasteiger partial charge in [-0.3, -0.25) is 4.79 Å². The van der Waals surface area contributed by atoms with E-state index < -0.39 is 11.0 Å². The second-order valence-corrected chi connectivity index (χ2v) is 9.96. The molecule has 1 heterocycles. The van der Waals surface area contributed by atoms with Crippen molar-refractivity contribution in [2.45, 2.75) is 58.5 Å². The number of likely N-dealkylation sites (tertiary alicyclic amines) is 1. The third kappa shape index (κ3) is 3.47. The first-order valence-corrected chi connectivity index (χ1v) is 10.2. The zero-order chi connectivity index (χ0) is 20.2. The van der Waals surface area contributed by atoms with Crippen LogP contribution < -0.4 is 0 Å². The summed E-state index contributed by atoms with van der Waals surface area (Å²) in [6, 6.07) is 5.63. The van der Waals surface area contributed by atoms with Crippen LogP contribution in [0.2, 0.25) is 10.0 Å². The Bertz CT molecular complexity index is 786. The van der Waals surface area contributed by atoms with Crippen LogP contribution in [0.4, 0.5) is 4.79 Å². The number of carbonyl (C=O) groups is 2. The molecular formula is C21H27Cl2NO3. The van der Waals surface area contributed by atoms with Crippen molar-refractivity contribution in [3.8, 4) is 0 Å². The van der Waals surface area contributed by atoms with Gasteiger partial charge in [-0.15, -0.1) is 0 Å². The summed E-state index contributed by atoms with van der Waals surface area (Å²) in [5, 5.41) is 1.00. The number of amides is 1. The van der Waals surface area contributed by atoms with E-state index in [1.807, 2.05) is 46.8 Å². The van der Waals surface area contributed by atoms with Crippen LogP contribution in [0.1, 0.15) is 53.0 Å². The third-order valence-electron chi connectivity index (χ3n) is 5.78. The molecule has 0 N–H and O–H groups in total. The van der Waals surface area contributed by atoms with E-state index in [1.165, 1.54) is 0 Å². The third-order valence-corrected chi connectivity index (χ3v) is 6.52. The van der Waals surface area contributed by atoms with Gasteiger partial charge in [0.1, 0.15) is 11.4 Å². The minimum atomic E-state index is -0.576. The molecule has 3 rings (SSSR count). The molecule has 1 aliphatic heterocycles. The van der Waals surface area contributed by atoms with Crippen LogP contribution in [-0.4, -0.2) is 35.5 Å². The maximum atomic E-state index is 13.2. The highest BCUT2D eigenvalue weighted by Gasteiger charge is 2.74. The number of Topliss-reactive ketones (excluding diaryl/α,β-unsaturated/α-hetero) is 1. The Hall–Kier alpha value is -1.26. The predicted octanol–water partition coefficient (Wildman–Crippen LogP) is 5.49. The van der Waals surface area contributed by atoms with Gasteiger partial charge in [-0.05, 0) is 51.3 Å². The molecule has 1 saturated heterocycles. The van der Waals surface area contributed by atoms with Crippen molar-refractivity contribution in [1.29, 1.82) is 0 Å². The number of carbonyl (C=O) groups excluding carboxylic acids is 2. The lowest BCUT2D eigenvalue weighted by Crippen LogP contribution is -2.50. The van der Waals surface area contributed by atoms with Crippen LogP contribution in [0, 0.1) is 11.3 Å². The molecule has 1 aromatic carbocycles. The van der Waals surface area contributed by atoms with Gasteiger partial charge in [-0.25, -0.2) is 4.79 Å². The highest BCUT2D eigenvalue weighted by Crippen LogP contribution is 2.70. The summed E-state index contributed by atoms with van der Waals surface area (Å²) >= 11 is 12.3. The van der Waals surface area contributed by atoms with Crippen LogP contribution >= 0.6 is 23.2 Å². The maximum absolute atomic E-state index is 13.2. The Morgan fingerprint density at radius 3 is 2.41 bits per heavy atom. The topological polar surface area (TPSA) is 46.6 Å². The van der Waals surface area contributed by atoms with E-state index in [0.29, 0.717) is 29.6 Å². The average molecular weight is 412 g/mol. The van der Waals surface area contributed by atoms with Gasteiger partial charge in [0.25, 0.3) is 0 Å². The van der Waals surface area contributed by atoms with Gasteiger partial charge < -0.3 is 9.64 Å². The Morgan fingerprint density at radius 2 is 1.85 bits per heavy atom. The Morgan fingerprint density at radius 1 is 1.19 bits per heavy atom. The highest BCUT2D eigenvalue weighted by molar-refractivity contribution is 6.42. The molecule has 1 aromatic rings. The van der Waals surface area contributed by atoms with Gasteiger partial charge in [-0.2, -0.15) is 0 Å². The minimum Gasteiger partial charge on any atom is -0.444 e. The van der Waals surface area contributed by atoms with E-state index in [9.17, 15) is 9.59 Å². The average Bonchev–Trinajstić information content (AvgIpc) is 3.25. The standard InChI is InChI=1S/C21H27Cl2NO3/c1-13(2)17(25)21-11-20(21,14-6-7-15(22)16(23)10-14)8-9-24(12-21)18(26)27-19(3,4)5/h6-7,10,13H,8-9,11-12H2,1-5H3/t20-,21-/m0/s1. The summed E-state index contributed by atoms with van der Waals surface area (Å²) in [6.45, 7) is 10.3. The van der Waals surface area contributed by atoms with E-state index in [4.69, 9.17) is 27.9 Å². The van der Waals surface area contributed by atoms with Crippen LogP contribution in [-0.2, 0) is 14.9 Å². The van der Waals surface area contributed by atoms with Gasteiger partial charge in [-0.1, -0.05) is 43.1 Å². The molecular weight excluding hydrogens is 385 g/mol. The van der Waals surface area contributed by atoms with Crippen molar-refractivity contribution >= 4 is 35.1 Å². The fraction of sp³-hybridized carbons (Fsp3) is 0.619. The zero-order valence-corrected chi connectivity index (χ0v) is 18.1. The summed E-state index contributed by atoms with van der Waals surface area (Å²) in [6.07, 6.45) is 1.09. The molecule has 1 amide bonds. The summed E-state index contributed by atoms with van der Waals surface area (Å²) in [5.41, 5.74) is -0.377. The lowest BCUT2D eigenvalue weighted by Gasteiger charge is -2.38. The molecule has 0 bridgehead atoms. The fourth-order valence-corrected chi connectivity index (χ4v) is 4.79. The lowest BCUT2D eigenvalue weighted by molar-refractivity contribution is -0.129. The summed E-state index contributed by atoms with van der Waals surface area (Å²) in [5.74, 6) is 0.0927. The first-order chi connectivity index (χ1) is 12.4. The van der Waals surface area contributed by atoms with Gasteiger partial charge in [0.15, 0.2) is 0 Å². The van der Waals surface area contributed by atoms with E-state index in [0.717, 1.165) is 12.0 Å². The largest absolute Gasteiger partial charge is 0.444 e. The first-order valence-electron chi connectivity index (χ1n) is 9.40. The van der Waals surface area contributed by atoms with Gasteiger partial charge in [0.05, 0.1) is 15.5 Å². The fourth-order valence-electron chi connectivity index (χ4n) is 4.49. The lowest BCUT2D eigenvalue weighted by atomic mass is 9.76. The van der Waals surface area contributed by atoms with Crippen molar-refractivity contribution in [1.82, 2.24) is 4.90 Å². The number of hydrogen-bond donors (Lipinski definition) is 0. The molecule has 27 heavy (non-hydrogen) atoms. The summed E-state index contributed by atoms with van der Waals surface area (Å²) in [7, 11) is 0. The van der Waals surface area contributed by atoms with Crippen molar-refractivity contribution in [3.63, 3.8) is 0 Å². The Balaban J connectivity index is 1.93. The number of rotatable bonds is 3. The normalized spacial score (nSPS) is 27.3. The number of ether oxygens (including phenoxy) is 1. The van der Waals surface area contributed by atoms with Crippen molar-refractivity contribution in [2.24, 2.45) is 11.3 Å². The monoisotopic (exact) mass is 411 g/mol. The predicted molar refractivity (Wildman–Crippen MR) is 107 cm³/mol. The summed E-state index contributed by atoms with van der Waals surface area (Å²) < 4.78 is 5.54. The molecule has 2 fully saturated rings. The van der Waals surface area contributed by atoms with Crippen LogP contribution in [0.15, 0.2) is 18.2 Å². The highest BCUT2D eigenvalue weighted by atomic mass is 35.5. The van der Waals surface area contributed by atoms with E-state index in [1.54, 1.807) is 11.0 Å². The molecule has 0 unspecified atom stereocenters. The quantitative estimate of drug-likeness (QED) is 0.660. The number of ketones is 1. The Kier molecular flexibility index (Phi) is 5.05. The van der Waals surface area contributed by atoms with Gasteiger partial charge >= 0.3 is 6.09 Å². The summed E-state index contributed by atoms with van der Waals surface area (Å²) in [4.78, 5) is 27.5. The SMILES string of the molecule is CC(C)C(=O)[C@]12CN(C(=O)OC(C)(C)C)CC[C@@]1(c1ccc(Cl)c(Cl)c1)C2. The Labute approximate surface area is 171 Å². The molecule has 2 atom stereocenters. The molecule has 0 radical (unpaired) electrons. The number of halogens is 2. The van der Waals surface area contributed by atoms with Crippen molar-refractivity contribution in [3.05, 3.63) is 33.8 Å².